The predicted molar refractivity (Wildman–Crippen MR) is 79.6 cm³/mol. The van der Waals surface area contributed by atoms with Gasteiger partial charge in [-0.05, 0) is 24.1 Å². The molecule has 1 aromatic carbocycles. The smallest absolute Gasteiger partial charge is 0.207 e. The second-order valence-corrected chi connectivity index (χ2v) is 5.81. The summed E-state index contributed by atoms with van der Waals surface area (Å²) in [5.74, 6) is 1.37. The van der Waals surface area contributed by atoms with Crippen LogP contribution in [-0.2, 0) is 0 Å². The van der Waals surface area contributed by atoms with E-state index in [0.29, 0.717) is 10.9 Å². The van der Waals surface area contributed by atoms with Gasteiger partial charge in [0, 0.05) is 23.4 Å². The number of hydrogen-bond donors (Lipinski definition) is 1. The molecule has 2 aromatic rings. The van der Waals surface area contributed by atoms with E-state index in [-0.39, 0.29) is 0 Å². The quantitative estimate of drug-likeness (QED) is 0.904. The van der Waals surface area contributed by atoms with Gasteiger partial charge in [-0.15, -0.1) is 0 Å². The molecule has 0 saturated heterocycles. The Balaban J connectivity index is 2.33. The number of nitrogens with zero attached hydrogens (tertiary/aromatic N) is 2. The molecule has 0 aliphatic heterocycles. The van der Waals surface area contributed by atoms with Gasteiger partial charge in [0.05, 0.1) is 10.7 Å². The summed E-state index contributed by atoms with van der Waals surface area (Å²) in [7, 11) is 0. The fourth-order valence-electron chi connectivity index (χ4n) is 1.59. The summed E-state index contributed by atoms with van der Waals surface area (Å²) in [6, 6.07) is 5.77. The fraction of sp³-hybridized carbons (Fsp3) is 0.308. The van der Waals surface area contributed by atoms with E-state index >= 15 is 0 Å². The van der Waals surface area contributed by atoms with Crippen molar-refractivity contribution in [2.45, 2.75) is 13.8 Å². The lowest BCUT2D eigenvalue weighted by Crippen LogP contribution is -2.12. The standard InChI is InChI=1S/C13H15BrClN3/c1-9(2)8-17-13-16-5-6-18(13)12-7-10(14)3-4-11(12)15/h3-7,9H,8H2,1-2H3,(H,16,17). The molecule has 0 amide bonds. The van der Waals surface area contributed by atoms with Crippen molar-refractivity contribution in [3.63, 3.8) is 0 Å². The summed E-state index contributed by atoms with van der Waals surface area (Å²) >= 11 is 9.68. The number of benzene rings is 1. The third-order valence-corrected chi connectivity index (χ3v) is 3.29. The third kappa shape index (κ3) is 3.06. The molecule has 1 N–H and O–H groups in total. The molecule has 5 heteroatoms. The zero-order chi connectivity index (χ0) is 13.1. The Morgan fingerprint density at radius 3 is 2.94 bits per heavy atom. The minimum atomic E-state index is 0.563. The van der Waals surface area contributed by atoms with Crippen LogP contribution in [0.25, 0.3) is 5.69 Å². The summed E-state index contributed by atoms with van der Waals surface area (Å²) in [5, 5.41) is 4.01. The second kappa shape index (κ2) is 5.76. The molecule has 0 bridgehead atoms. The van der Waals surface area contributed by atoms with E-state index in [1.807, 2.05) is 29.0 Å². The van der Waals surface area contributed by atoms with Gasteiger partial charge >= 0.3 is 0 Å². The van der Waals surface area contributed by atoms with Crippen LogP contribution in [0.15, 0.2) is 35.1 Å². The number of aromatic nitrogens is 2. The Morgan fingerprint density at radius 2 is 2.22 bits per heavy atom. The van der Waals surface area contributed by atoms with Crippen molar-refractivity contribution in [1.82, 2.24) is 9.55 Å². The lowest BCUT2D eigenvalue weighted by atomic mass is 10.2. The molecular weight excluding hydrogens is 314 g/mol. The van der Waals surface area contributed by atoms with Crippen LogP contribution < -0.4 is 5.32 Å². The maximum absolute atomic E-state index is 6.23. The van der Waals surface area contributed by atoms with Gasteiger partial charge in [-0.25, -0.2) is 4.98 Å². The molecule has 96 valence electrons. The third-order valence-electron chi connectivity index (χ3n) is 2.48. The van der Waals surface area contributed by atoms with E-state index in [9.17, 15) is 0 Å². The van der Waals surface area contributed by atoms with Crippen molar-refractivity contribution in [3.8, 4) is 5.69 Å². The zero-order valence-electron chi connectivity index (χ0n) is 10.3. The average molecular weight is 329 g/mol. The maximum Gasteiger partial charge on any atom is 0.207 e. The van der Waals surface area contributed by atoms with Crippen LogP contribution >= 0.6 is 27.5 Å². The Bertz CT molecular complexity index is 537. The molecule has 1 aromatic heterocycles. The van der Waals surface area contributed by atoms with E-state index in [2.05, 4.69) is 40.1 Å². The highest BCUT2D eigenvalue weighted by Crippen LogP contribution is 2.26. The van der Waals surface area contributed by atoms with E-state index < -0.39 is 0 Å². The Hall–Kier alpha value is -1.000. The molecule has 0 saturated carbocycles. The van der Waals surface area contributed by atoms with Gasteiger partial charge < -0.3 is 5.32 Å². The molecule has 1 heterocycles. The number of nitrogens with one attached hydrogen (secondary N) is 1. The van der Waals surface area contributed by atoms with Gasteiger partial charge in [0.2, 0.25) is 5.95 Å². The monoisotopic (exact) mass is 327 g/mol. The van der Waals surface area contributed by atoms with Crippen LogP contribution in [0.5, 0.6) is 0 Å². The zero-order valence-corrected chi connectivity index (χ0v) is 12.7. The van der Waals surface area contributed by atoms with E-state index in [1.54, 1.807) is 6.20 Å². The number of rotatable bonds is 4. The van der Waals surface area contributed by atoms with Gasteiger partial charge in [-0.2, -0.15) is 0 Å². The van der Waals surface area contributed by atoms with E-state index in [1.165, 1.54) is 0 Å². The van der Waals surface area contributed by atoms with Crippen molar-refractivity contribution in [2.75, 3.05) is 11.9 Å². The van der Waals surface area contributed by atoms with Crippen molar-refractivity contribution in [1.29, 1.82) is 0 Å². The highest BCUT2D eigenvalue weighted by molar-refractivity contribution is 9.10. The van der Waals surface area contributed by atoms with Gasteiger partial charge in [-0.3, -0.25) is 4.57 Å². The minimum absolute atomic E-state index is 0.563. The van der Waals surface area contributed by atoms with Crippen LogP contribution in [-0.4, -0.2) is 16.1 Å². The molecule has 0 unspecified atom stereocenters. The highest BCUT2D eigenvalue weighted by atomic mass is 79.9. The van der Waals surface area contributed by atoms with Gasteiger partial charge in [0.15, 0.2) is 0 Å². The lowest BCUT2D eigenvalue weighted by molar-refractivity contribution is 0.683. The summed E-state index contributed by atoms with van der Waals surface area (Å²) in [6.45, 7) is 5.20. The Morgan fingerprint density at radius 1 is 1.44 bits per heavy atom. The molecule has 18 heavy (non-hydrogen) atoms. The first-order valence-electron chi connectivity index (χ1n) is 5.80. The number of hydrogen-bond acceptors (Lipinski definition) is 2. The molecule has 0 fully saturated rings. The highest BCUT2D eigenvalue weighted by Gasteiger charge is 2.09. The van der Waals surface area contributed by atoms with Crippen LogP contribution in [0.4, 0.5) is 5.95 Å². The Labute approximate surface area is 120 Å². The topological polar surface area (TPSA) is 29.9 Å². The van der Waals surface area contributed by atoms with Crippen molar-refractivity contribution in [3.05, 3.63) is 40.1 Å². The van der Waals surface area contributed by atoms with Crippen LogP contribution in [0.3, 0.4) is 0 Å². The maximum atomic E-state index is 6.23. The van der Waals surface area contributed by atoms with Gasteiger partial charge in [-0.1, -0.05) is 41.4 Å². The number of anilines is 1. The molecule has 0 aliphatic rings. The van der Waals surface area contributed by atoms with Crippen molar-refractivity contribution >= 4 is 33.5 Å². The molecule has 3 nitrogen and oxygen atoms in total. The van der Waals surface area contributed by atoms with Crippen LogP contribution in [0, 0.1) is 5.92 Å². The van der Waals surface area contributed by atoms with Crippen LogP contribution in [0.1, 0.15) is 13.8 Å². The minimum Gasteiger partial charge on any atom is -0.355 e. The number of imidazole rings is 1. The molecular formula is C13H15BrClN3. The first-order chi connectivity index (χ1) is 8.58. The van der Waals surface area contributed by atoms with Gasteiger partial charge in [0.25, 0.3) is 0 Å². The lowest BCUT2D eigenvalue weighted by Gasteiger charge is -2.12. The summed E-state index contributed by atoms with van der Waals surface area (Å²) < 4.78 is 2.94. The summed E-state index contributed by atoms with van der Waals surface area (Å²) in [5.41, 5.74) is 0.912. The summed E-state index contributed by atoms with van der Waals surface area (Å²) in [6.07, 6.45) is 3.66. The second-order valence-electron chi connectivity index (χ2n) is 4.49. The van der Waals surface area contributed by atoms with Crippen LogP contribution in [0.2, 0.25) is 5.02 Å². The number of halogens is 2. The SMILES string of the molecule is CC(C)CNc1nccn1-c1cc(Br)ccc1Cl. The average Bonchev–Trinajstić information content (AvgIpc) is 2.77. The normalized spacial score (nSPS) is 10.9. The largest absolute Gasteiger partial charge is 0.355 e. The predicted octanol–water partition coefficient (Wildman–Crippen LogP) is 4.36. The van der Waals surface area contributed by atoms with E-state index in [4.69, 9.17) is 11.6 Å². The first kappa shape index (κ1) is 13.4. The molecule has 0 spiro atoms. The fourth-order valence-corrected chi connectivity index (χ4v) is 2.15. The van der Waals surface area contributed by atoms with Gasteiger partial charge in [0.1, 0.15) is 0 Å². The van der Waals surface area contributed by atoms with E-state index in [0.717, 1.165) is 22.7 Å². The van der Waals surface area contributed by atoms with Crippen molar-refractivity contribution in [2.24, 2.45) is 5.92 Å². The first-order valence-corrected chi connectivity index (χ1v) is 6.97. The molecule has 0 radical (unpaired) electrons. The summed E-state index contributed by atoms with van der Waals surface area (Å²) in [4.78, 5) is 4.31. The molecule has 0 atom stereocenters. The molecule has 2 rings (SSSR count). The van der Waals surface area contributed by atoms with Crippen molar-refractivity contribution < 1.29 is 0 Å². The molecule has 0 aliphatic carbocycles. The Kier molecular flexibility index (Phi) is 4.30.